The van der Waals surface area contributed by atoms with Gasteiger partial charge in [0.05, 0.1) is 12.2 Å². The average molecular weight is 426 g/mol. The zero-order valence-electron chi connectivity index (χ0n) is 17.0. The number of carbonyl (C=O) groups excluding carboxylic acids is 1. The molecule has 1 saturated heterocycles. The minimum atomic E-state index is -0.220. The van der Waals surface area contributed by atoms with Crippen LogP contribution in [0.25, 0.3) is 0 Å². The molecule has 0 spiro atoms. The number of nitrogens with one attached hydrogen (secondary N) is 2. The number of carbonyl (C=O) groups is 1. The quantitative estimate of drug-likeness (QED) is 0.599. The van der Waals surface area contributed by atoms with E-state index in [0.717, 1.165) is 50.9 Å². The molecule has 1 aliphatic rings. The predicted octanol–water partition coefficient (Wildman–Crippen LogP) is 4.05. The molecule has 6 nitrogen and oxygen atoms in total. The van der Waals surface area contributed by atoms with Gasteiger partial charge in [-0.05, 0) is 68.5 Å². The number of halogens is 1. The van der Waals surface area contributed by atoms with Gasteiger partial charge in [0.25, 0.3) is 5.91 Å². The van der Waals surface area contributed by atoms with E-state index in [1.165, 1.54) is 11.1 Å². The third-order valence-corrected chi connectivity index (χ3v) is 5.41. The summed E-state index contributed by atoms with van der Waals surface area (Å²) in [5.41, 5.74) is 3.78. The Hall–Kier alpha value is -2.70. The van der Waals surface area contributed by atoms with Crippen LogP contribution in [0.5, 0.6) is 0 Å². The second kappa shape index (κ2) is 10.9. The van der Waals surface area contributed by atoms with E-state index in [9.17, 15) is 4.79 Å². The number of benzene rings is 2. The molecule has 1 amide bonds. The van der Waals surface area contributed by atoms with Gasteiger partial charge in [-0.3, -0.25) is 4.79 Å². The number of hydrogen-bond acceptors (Lipinski definition) is 4. The van der Waals surface area contributed by atoms with Gasteiger partial charge in [-0.1, -0.05) is 47.7 Å². The summed E-state index contributed by atoms with van der Waals surface area (Å²) >= 11 is 0. The molecule has 30 heavy (non-hydrogen) atoms. The molecule has 0 saturated carbocycles. The molecular weight excluding hydrogens is 398 g/mol. The van der Waals surface area contributed by atoms with E-state index < -0.39 is 0 Å². The van der Waals surface area contributed by atoms with Crippen molar-refractivity contribution in [3.05, 3.63) is 77.6 Å². The number of nitrogens with zero attached hydrogens (tertiary/aromatic N) is 3. The lowest BCUT2D eigenvalue weighted by molar-refractivity contribution is 0.102. The highest BCUT2D eigenvalue weighted by Gasteiger charge is 2.18. The highest BCUT2D eigenvalue weighted by Crippen LogP contribution is 2.18. The molecule has 1 fully saturated rings. The van der Waals surface area contributed by atoms with Crippen LogP contribution in [0.1, 0.15) is 46.9 Å². The molecule has 0 atom stereocenters. The molecule has 0 unspecified atom stereocenters. The van der Waals surface area contributed by atoms with E-state index in [1.807, 2.05) is 22.9 Å². The molecule has 0 aliphatic carbocycles. The van der Waals surface area contributed by atoms with E-state index in [0.29, 0.717) is 11.7 Å². The van der Waals surface area contributed by atoms with Crippen molar-refractivity contribution in [3.63, 3.8) is 0 Å². The molecule has 4 rings (SSSR count). The molecule has 7 heteroatoms. The molecular formula is C23H28ClN5O. The third kappa shape index (κ3) is 5.90. The Kier molecular flexibility index (Phi) is 7.99. The minimum Gasteiger partial charge on any atom is -0.321 e. The van der Waals surface area contributed by atoms with Crippen molar-refractivity contribution in [2.45, 2.75) is 38.1 Å². The molecule has 1 aliphatic heterocycles. The highest BCUT2D eigenvalue weighted by atomic mass is 35.5. The fraction of sp³-hybridized carbons (Fsp3) is 0.348. The van der Waals surface area contributed by atoms with Gasteiger partial charge in [-0.2, -0.15) is 0 Å². The fourth-order valence-electron chi connectivity index (χ4n) is 3.72. The topological polar surface area (TPSA) is 71.8 Å². The number of aromatic nitrogens is 3. The molecule has 3 aromatic rings. The summed E-state index contributed by atoms with van der Waals surface area (Å²) in [6, 6.07) is 18.9. The summed E-state index contributed by atoms with van der Waals surface area (Å²) in [6.45, 7) is 1.95. The van der Waals surface area contributed by atoms with Gasteiger partial charge in [0.15, 0.2) is 5.69 Å². The van der Waals surface area contributed by atoms with Gasteiger partial charge in [-0.25, -0.2) is 4.68 Å². The Balaban J connectivity index is 0.00000256. The fourth-order valence-corrected chi connectivity index (χ4v) is 3.72. The van der Waals surface area contributed by atoms with Gasteiger partial charge in [-0.15, -0.1) is 17.5 Å². The summed E-state index contributed by atoms with van der Waals surface area (Å²) in [6.07, 6.45) is 6.98. The van der Waals surface area contributed by atoms with Gasteiger partial charge >= 0.3 is 0 Å². The van der Waals surface area contributed by atoms with Crippen LogP contribution in [-0.4, -0.2) is 34.0 Å². The lowest BCUT2D eigenvalue weighted by Gasteiger charge is -2.22. The van der Waals surface area contributed by atoms with Crippen LogP contribution < -0.4 is 10.6 Å². The van der Waals surface area contributed by atoms with E-state index in [4.69, 9.17) is 0 Å². The van der Waals surface area contributed by atoms with Gasteiger partial charge < -0.3 is 10.6 Å². The van der Waals surface area contributed by atoms with Crippen molar-refractivity contribution in [1.82, 2.24) is 20.3 Å². The smallest absolute Gasteiger partial charge is 0.277 e. The zero-order chi connectivity index (χ0) is 19.9. The predicted molar refractivity (Wildman–Crippen MR) is 121 cm³/mol. The standard InChI is InChI=1S/C23H27N5O.ClH/c29-23(22-17-28(27-26-22)21-13-15-24-16-14-21)25-20-11-9-19(10-12-20)8-4-7-18-5-2-1-3-6-18;/h1-3,5-6,9-12,17,21,24H,4,7-8,13-16H2,(H,25,29);1H. The first-order valence-corrected chi connectivity index (χ1v) is 10.3. The number of hydrogen-bond donors (Lipinski definition) is 2. The molecule has 0 radical (unpaired) electrons. The van der Waals surface area contributed by atoms with Crippen LogP contribution in [0.4, 0.5) is 5.69 Å². The van der Waals surface area contributed by atoms with Crippen LogP contribution in [-0.2, 0) is 12.8 Å². The van der Waals surface area contributed by atoms with E-state index in [1.54, 1.807) is 6.20 Å². The van der Waals surface area contributed by atoms with Crippen LogP contribution in [0.3, 0.4) is 0 Å². The summed E-state index contributed by atoms with van der Waals surface area (Å²) < 4.78 is 1.82. The van der Waals surface area contributed by atoms with Crippen LogP contribution in [0.2, 0.25) is 0 Å². The molecule has 2 aromatic carbocycles. The summed E-state index contributed by atoms with van der Waals surface area (Å²) in [5, 5.41) is 14.5. The van der Waals surface area contributed by atoms with E-state index >= 15 is 0 Å². The van der Waals surface area contributed by atoms with Gasteiger partial charge in [0.2, 0.25) is 0 Å². The number of aryl methyl sites for hydroxylation is 2. The van der Waals surface area contributed by atoms with Crippen molar-refractivity contribution in [2.24, 2.45) is 0 Å². The number of piperidine rings is 1. The maximum absolute atomic E-state index is 12.5. The Bertz CT molecular complexity index is 920. The Morgan fingerprint density at radius 3 is 2.37 bits per heavy atom. The van der Waals surface area contributed by atoms with E-state index in [2.05, 4.69) is 57.3 Å². The van der Waals surface area contributed by atoms with Crippen molar-refractivity contribution < 1.29 is 4.79 Å². The Morgan fingerprint density at radius 2 is 1.67 bits per heavy atom. The molecule has 2 heterocycles. The maximum Gasteiger partial charge on any atom is 0.277 e. The van der Waals surface area contributed by atoms with Crippen molar-refractivity contribution in [2.75, 3.05) is 18.4 Å². The molecule has 1 aromatic heterocycles. The van der Waals surface area contributed by atoms with Crippen molar-refractivity contribution >= 4 is 24.0 Å². The summed E-state index contributed by atoms with van der Waals surface area (Å²) in [5.74, 6) is -0.220. The first-order valence-electron chi connectivity index (χ1n) is 10.3. The van der Waals surface area contributed by atoms with Crippen molar-refractivity contribution in [3.8, 4) is 0 Å². The summed E-state index contributed by atoms with van der Waals surface area (Å²) in [7, 11) is 0. The first-order chi connectivity index (χ1) is 14.3. The Morgan fingerprint density at radius 1 is 1.00 bits per heavy atom. The second-order valence-electron chi connectivity index (χ2n) is 7.56. The SMILES string of the molecule is Cl.O=C(Nc1ccc(CCCc2ccccc2)cc1)c1cn(C2CCNCC2)nn1. The van der Waals surface area contributed by atoms with E-state index in [-0.39, 0.29) is 18.3 Å². The number of anilines is 1. The lowest BCUT2D eigenvalue weighted by atomic mass is 10.0. The van der Waals surface area contributed by atoms with Crippen LogP contribution in [0, 0.1) is 0 Å². The normalized spacial score (nSPS) is 14.1. The van der Waals surface area contributed by atoms with Crippen LogP contribution >= 0.6 is 12.4 Å². The molecule has 0 bridgehead atoms. The minimum absolute atomic E-state index is 0. The number of amides is 1. The largest absolute Gasteiger partial charge is 0.321 e. The first kappa shape index (κ1) is 22.0. The van der Waals surface area contributed by atoms with Gasteiger partial charge in [0, 0.05) is 5.69 Å². The maximum atomic E-state index is 12.5. The second-order valence-corrected chi connectivity index (χ2v) is 7.56. The lowest BCUT2D eigenvalue weighted by Crippen LogP contribution is -2.29. The van der Waals surface area contributed by atoms with Crippen LogP contribution in [0.15, 0.2) is 60.8 Å². The monoisotopic (exact) mass is 425 g/mol. The Labute approximate surface area is 183 Å². The zero-order valence-corrected chi connectivity index (χ0v) is 17.8. The molecule has 158 valence electrons. The summed E-state index contributed by atoms with van der Waals surface area (Å²) in [4.78, 5) is 12.5. The third-order valence-electron chi connectivity index (χ3n) is 5.41. The van der Waals surface area contributed by atoms with Gasteiger partial charge in [0.1, 0.15) is 0 Å². The van der Waals surface area contributed by atoms with Crippen molar-refractivity contribution in [1.29, 1.82) is 0 Å². The average Bonchev–Trinajstić information content (AvgIpc) is 3.27. The number of rotatable bonds is 7. The highest BCUT2D eigenvalue weighted by molar-refractivity contribution is 6.02. The molecule has 2 N–H and O–H groups in total.